The molecule has 0 spiro atoms. The Morgan fingerprint density at radius 2 is 1.03 bits per heavy atom. The van der Waals surface area contributed by atoms with Crippen molar-refractivity contribution in [1.82, 2.24) is 0 Å². The van der Waals surface area contributed by atoms with Gasteiger partial charge < -0.3 is 29.3 Å². The molecule has 0 heterocycles. The second-order valence-electron chi connectivity index (χ2n) is 7.03. The largest absolute Gasteiger partial charge is 0.545 e. The Labute approximate surface area is 206 Å². The number of carboxylic acid groups (broad SMARTS) is 2. The molecule has 2 N–H and O–H groups in total. The number of carboxylic acids is 2. The fourth-order valence-corrected chi connectivity index (χ4v) is 5.75. The van der Waals surface area contributed by atoms with E-state index >= 15 is 0 Å². The summed E-state index contributed by atoms with van der Waals surface area (Å²) < 4.78 is 67.1. The molecule has 0 bridgehead atoms. The summed E-state index contributed by atoms with van der Waals surface area (Å²) >= 11 is 0. The van der Waals surface area contributed by atoms with Gasteiger partial charge in [0.25, 0.3) is 20.0 Å². The van der Waals surface area contributed by atoms with Crippen LogP contribution in [0.1, 0.15) is 20.7 Å². The lowest BCUT2D eigenvalue weighted by Crippen LogP contribution is -2.25. The number of nitrogens with one attached hydrogen (secondary N) is 2. The fraction of sp³-hybridized carbons (Fsp3) is 0.0909. The van der Waals surface area contributed by atoms with Gasteiger partial charge in [0.15, 0.2) is 0 Å². The molecule has 0 unspecified atom stereocenters. The molecule has 0 fully saturated rings. The van der Waals surface area contributed by atoms with E-state index in [9.17, 15) is 36.6 Å². The smallest absolute Gasteiger partial charge is 0.265 e. The summed E-state index contributed by atoms with van der Waals surface area (Å²) in [5.41, 5.74) is -1.58. The predicted octanol–water partition coefficient (Wildman–Crippen LogP) is 0.0324. The fourth-order valence-electron chi connectivity index (χ4n) is 3.16. The van der Waals surface area contributed by atoms with Gasteiger partial charge in [-0.1, -0.05) is 36.4 Å². The van der Waals surface area contributed by atoms with Crippen molar-refractivity contribution in [2.45, 2.75) is 9.79 Å². The molecular formula is C22H18N2O10S2-2. The molecule has 0 saturated heterocycles. The van der Waals surface area contributed by atoms with Crippen molar-refractivity contribution >= 4 is 43.4 Å². The summed E-state index contributed by atoms with van der Waals surface area (Å²) in [6.07, 6.45) is 0. The zero-order valence-electron chi connectivity index (χ0n) is 18.7. The number of aromatic carboxylic acids is 2. The minimum absolute atomic E-state index is 0.320. The third kappa shape index (κ3) is 5.34. The Kier molecular flexibility index (Phi) is 7.40. The van der Waals surface area contributed by atoms with Gasteiger partial charge >= 0.3 is 0 Å². The number of benzene rings is 3. The van der Waals surface area contributed by atoms with Crippen LogP contribution in [0.15, 0.2) is 70.5 Å². The number of hydrogen-bond acceptors (Lipinski definition) is 10. The number of sulfonamides is 2. The van der Waals surface area contributed by atoms with Crippen molar-refractivity contribution < 1.29 is 46.1 Å². The minimum Gasteiger partial charge on any atom is -0.545 e. The topological polar surface area (TPSA) is 191 Å². The van der Waals surface area contributed by atoms with E-state index in [1.54, 1.807) is 0 Å². The molecule has 36 heavy (non-hydrogen) atoms. The zero-order chi connectivity index (χ0) is 26.7. The summed E-state index contributed by atoms with van der Waals surface area (Å²) in [6.45, 7) is 0. The highest BCUT2D eigenvalue weighted by Crippen LogP contribution is 2.37. The summed E-state index contributed by atoms with van der Waals surface area (Å²) in [5, 5.41) is 22.7. The van der Waals surface area contributed by atoms with Crippen LogP contribution in [0.3, 0.4) is 0 Å². The van der Waals surface area contributed by atoms with E-state index in [0.29, 0.717) is 0 Å². The van der Waals surface area contributed by atoms with E-state index in [-0.39, 0.29) is 22.9 Å². The lowest BCUT2D eigenvalue weighted by atomic mass is 10.2. The molecule has 0 radical (unpaired) electrons. The molecule has 0 saturated carbocycles. The van der Waals surface area contributed by atoms with E-state index in [4.69, 9.17) is 9.47 Å². The van der Waals surface area contributed by atoms with Crippen LogP contribution in [0.2, 0.25) is 0 Å². The Morgan fingerprint density at radius 1 is 0.667 bits per heavy atom. The van der Waals surface area contributed by atoms with E-state index < -0.39 is 52.9 Å². The minimum atomic E-state index is -4.63. The second kappa shape index (κ2) is 10.1. The maximum atomic E-state index is 13.2. The highest BCUT2D eigenvalue weighted by Gasteiger charge is 2.29. The number of anilines is 2. The van der Waals surface area contributed by atoms with Crippen LogP contribution in [0.5, 0.6) is 11.5 Å². The maximum Gasteiger partial charge on any atom is 0.265 e. The van der Waals surface area contributed by atoms with Gasteiger partial charge in [-0.15, -0.1) is 0 Å². The maximum absolute atomic E-state index is 13.2. The third-order valence-corrected chi connectivity index (χ3v) is 7.58. The van der Waals surface area contributed by atoms with Gasteiger partial charge in [0.05, 0.1) is 37.5 Å². The molecule has 0 aromatic heterocycles. The first-order chi connectivity index (χ1) is 16.9. The van der Waals surface area contributed by atoms with Crippen molar-refractivity contribution in [2.75, 3.05) is 23.7 Å². The van der Waals surface area contributed by atoms with Crippen LogP contribution < -0.4 is 29.1 Å². The number of carbonyl (C=O) groups is 2. The van der Waals surface area contributed by atoms with Crippen LogP contribution in [0.25, 0.3) is 0 Å². The van der Waals surface area contributed by atoms with E-state index in [2.05, 4.69) is 9.44 Å². The average molecular weight is 535 g/mol. The molecule has 0 aliphatic rings. The molecular weight excluding hydrogens is 516 g/mol. The lowest BCUT2D eigenvalue weighted by molar-refractivity contribution is -0.256. The van der Waals surface area contributed by atoms with Gasteiger partial charge in [-0.3, -0.25) is 9.44 Å². The molecule has 3 aromatic carbocycles. The van der Waals surface area contributed by atoms with E-state index in [1.165, 1.54) is 36.4 Å². The Balaban J connectivity index is 2.16. The summed E-state index contributed by atoms with van der Waals surface area (Å²) in [4.78, 5) is 21.4. The first-order valence-corrected chi connectivity index (χ1v) is 12.8. The van der Waals surface area contributed by atoms with Gasteiger partial charge in [-0.2, -0.15) is 0 Å². The number of methoxy groups -OCH3 is 2. The standard InChI is InChI=1S/C22H20N2O10S2/c1-33-17-11-18(34-2)20(36(31,32)24-16-10-6-4-8-14(16)22(27)28)12-19(17)35(29,30)23-15-9-5-3-7-13(15)21(25)26/h3-12,23-24H,1-2H3,(H,25,26)(H,27,28)/p-2. The molecule has 3 aromatic rings. The van der Waals surface area contributed by atoms with Crippen LogP contribution in [-0.2, 0) is 20.0 Å². The second-order valence-corrected chi connectivity index (χ2v) is 10.3. The van der Waals surface area contributed by atoms with Crippen LogP contribution in [-0.4, -0.2) is 43.0 Å². The highest BCUT2D eigenvalue weighted by atomic mass is 32.2. The van der Waals surface area contributed by atoms with E-state index in [0.717, 1.165) is 38.5 Å². The number of para-hydroxylation sites is 2. The average Bonchev–Trinajstić information content (AvgIpc) is 2.83. The number of hydrogen-bond donors (Lipinski definition) is 2. The van der Waals surface area contributed by atoms with Gasteiger partial charge in [0, 0.05) is 17.2 Å². The molecule has 0 amide bonds. The molecule has 12 nitrogen and oxygen atoms in total. The highest BCUT2D eigenvalue weighted by molar-refractivity contribution is 7.93. The molecule has 190 valence electrons. The van der Waals surface area contributed by atoms with Crippen LogP contribution in [0, 0.1) is 0 Å². The number of rotatable bonds is 10. The van der Waals surface area contributed by atoms with Crippen molar-refractivity contribution in [3.63, 3.8) is 0 Å². The van der Waals surface area contributed by atoms with Crippen molar-refractivity contribution in [1.29, 1.82) is 0 Å². The summed E-state index contributed by atoms with van der Waals surface area (Å²) in [5.74, 6) is -3.93. The van der Waals surface area contributed by atoms with E-state index in [1.807, 2.05) is 0 Å². The van der Waals surface area contributed by atoms with Crippen LogP contribution in [0.4, 0.5) is 11.4 Å². The molecule has 0 aliphatic carbocycles. The van der Waals surface area contributed by atoms with Gasteiger partial charge in [-0.25, -0.2) is 16.8 Å². The molecule has 0 aliphatic heterocycles. The Morgan fingerprint density at radius 3 is 1.36 bits per heavy atom. The first-order valence-electron chi connectivity index (χ1n) is 9.83. The monoisotopic (exact) mass is 534 g/mol. The Bertz CT molecular complexity index is 1440. The quantitative estimate of drug-likeness (QED) is 0.359. The van der Waals surface area contributed by atoms with Gasteiger partial charge in [0.1, 0.15) is 21.3 Å². The lowest BCUT2D eigenvalue weighted by Gasteiger charge is -2.18. The zero-order valence-corrected chi connectivity index (χ0v) is 20.3. The summed E-state index contributed by atoms with van der Waals surface area (Å²) in [6, 6.07) is 11.8. The number of ether oxygens (including phenoxy) is 2. The Hall–Kier alpha value is -4.30. The van der Waals surface area contributed by atoms with Crippen LogP contribution >= 0.6 is 0 Å². The molecule has 14 heteroatoms. The van der Waals surface area contributed by atoms with Crippen molar-refractivity contribution in [3.8, 4) is 11.5 Å². The predicted molar refractivity (Wildman–Crippen MR) is 123 cm³/mol. The number of carbonyl (C=O) groups excluding carboxylic acids is 2. The molecule has 0 atom stereocenters. The first kappa shape index (κ1) is 26.3. The molecule has 3 rings (SSSR count). The third-order valence-electron chi connectivity index (χ3n) is 4.81. The van der Waals surface area contributed by atoms with Crippen molar-refractivity contribution in [3.05, 3.63) is 71.8 Å². The van der Waals surface area contributed by atoms with Gasteiger partial charge in [0.2, 0.25) is 0 Å². The normalized spacial score (nSPS) is 11.4. The summed E-state index contributed by atoms with van der Waals surface area (Å²) in [7, 11) is -7.00. The van der Waals surface area contributed by atoms with Gasteiger partial charge in [-0.05, 0) is 18.2 Å². The van der Waals surface area contributed by atoms with Crippen molar-refractivity contribution in [2.24, 2.45) is 0 Å². The SMILES string of the molecule is COc1cc(OC)c(S(=O)(=O)Nc2ccccc2C(=O)[O-])cc1S(=O)(=O)Nc1ccccc1C(=O)[O-].